The molecule has 3 aromatic rings. The highest BCUT2D eigenvalue weighted by atomic mass is 31.1. The van der Waals surface area contributed by atoms with Gasteiger partial charge in [-0.3, -0.25) is 0 Å². The first-order chi connectivity index (χ1) is 11.5. The molecule has 0 bridgehead atoms. The van der Waals surface area contributed by atoms with E-state index in [-0.39, 0.29) is 0 Å². The van der Waals surface area contributed by atoms with Gasteiger partial charge in [0.05, 0.1) is 0 Å². The van der Waals surface area contributed by atoms with E-state index < -0.39 is 7.92 Å². The van der Waals surface area contributed by atoms with Crippen LogP contribution in [0.15, 0.2) is 60.7 Å². The zero-order valence-electron chi connectivity index (χ0n) is 14.8. The fourth-order valence-corrected chi connectivity index (χ4v) is 6.34. The molecule has 0 unspecified atom stereocenters. The van der Waals surface area contributed by atoms with Gasteiger partial charge in [-0.1, -0.05) is 54.6 Å². The van der Waals surface area contributed by atoms with Crippen LogP contribution >= 0.6 is 7.92 Å². The fourth-order valence-electron chi connectivity index (χ4n) is 3.36. The van der Waals surface area contributed by atoms with Crippen LogP contribution in [-0.4, -0.2) is 0 Å². The number of hydrogen-bond donors (Lipinski definition) is 1. The van der Waals surface area contributed by atoms with Gasteiger partial charge in [0.1, 0.15) is 0 Å². The molecule has 0 radical (unpaired) electrons. The standard InChI is InChI=1S/C22H24NP/c1-15-9-7-10-16(2)21(15)24(20-14-6-5-13-19(20)23)22-17(3)11-8-12-18(22)4/h5-14H,23H2,1-4H3. The average Bonchev–Trinajstić information content (AvgIpc) is 2.53. The highest BCUT2D eigenvalue weighted by molar-refractivity contribution is 7.80. The van der Waals surface area contributed by atoms with E-state index in [1.165, 1.54) is 38.2 Å². The Labute approximate surface area is 146 Å². The van der Waals surface area contributed by atoms with E-state index in [4.69, 9.17) is 5.73 Å². The van der Waals surface area contributed by atoms with Gasteiger partial charge in [-0.05, 0) is 74.5 Å². The Hall–Kier alpha value is -2.11. The highest BCUT2D eigenvalue weighted by Crippen LogP contribution is 2.39. The van der Waals surface area contributed by atoms with Gasteiger partial charge >= 0.3 is 0 Å². The lowest BCUT2D eigenvalue weighted by Gasteiger charge is -2.27. The minimum atomic E-state index is -0.675. The van der Waals surface area contributed by atoms with E-state index in [1.54, 1.807) is 0 Å². The molecule has 2 N–H and O–H groups in total. The third-order valence-corrected chi connectivity index (χ3v) is 7.70. The van der Waals surface area contributed by atoms with Crippen LogP contribution in [0.25, 0.3) is 0 Å². The smallest absolute Gasteiger partial charge is 0.0398 e. The van der Waals surface area contributed by atoms with Crippen molar-refractivity contribution < 1.29 is 0 Å². The maximum absolute atomic E-state index is 6.41. The minimum Gasteiger partial charge on any atom is -0.398 e. The zero-order chi connectivity index (χ0) is 17.3. The molecular formula is C22H24NP. The summed E-state index contributed by atoms with van der Waals surface area (Å²) in [5, 5.41) is 4.12. The van der Waals surface area contributed by atoms with Gasteiger partial charge in [0.2, 0.25) is 0 Å². The molecule has 24 heavy (non-hydrogen) atoms. The van der Waals surface area contributed by atoms with Crippen molar-refractivity contribution in [2.24, 2.45) is 0 Å². The monoisotopic (exact) mass is 333 g/mol. The van der Waals surface area contributed by atoms with E-state index in [0.717, 1.165) is 5.69 Å². The molecule has 0 saturated carbocycles. The second kappa shape index (κ2) is 6.79. The van der Waals surface area contributed by atoms with E-state index in [1.807, 2.05) is 12.1 Å². The molecule has 0 amide bonds. The summed E-state index contributed by atoms with van der Waals surface area (Å²) >= 11 is 0. The normalized spacial score (nSPS) is 11.0. The number of anilines is 1. The lowest BCUT2D eigenvalue weighted by molar-refractivity contribution is 1.42. The first-order valence-electron chi connectivity index (χ1n) is 8.27. The third kappa shape index (κ3) is 2.97. The van der Waals surface area contributed by atoms with Crippen LogP contribution in [0.1, 0.15) is 22.3 Å². The molecule has 0 aliphatic heterocycles. The van der Waals surface area contributed by atoms with Crippen LogP contribution in [0, 0.1) is 27.7 Å². The largest absolute Gasteiger partial charge is 0.398 e. The summed E-state index contributed by atoms with van der Waals surface area (Å²) in [6.45, 7) is 8.85. The van der Waals surface area contributed by atoms with Crippen molar-refractivity contribution in [3.8, 4) is 0 Å². The second-order valence-corrected chi connectivity index (χ2v) is 8.42. The van der Waals surface area contributed by atoms with Crippen molar-refractivity contribution in [1.29, 1.82) is 0 Å². The van der Waals surface area contributed by atoms with Crippen LogP contribution in [0.4, 0.5) is 5.69 Å². The molecule has 3 aromatic carbocycles. The van der Waals surface area contributed by atoms with Crippen molar-refractivity contribution in [3.05, 3.63) is 82.9 Å². The van der Waals surface area contributed by atoms with Crippen LogP contribution in [0.5, 0.6) is 0 Å². The van der Waals surface area contributed by atoms with Crippen molar-refractivity contribution >= 4 is 29.5 Å². The summed E-state index contributed by atoms with van der Waals surface area (Å²) in [5.74, 6) is 0. The SMILES string of the molecule is Cc1cccc(C)c1P(c1ccccc1N)c1c(C)cccc1C. The number of nitrogen functional groups attached to an aromatic ring is 1. The molecular weight excluding hydrogens is 309 g/mol. The quantitative estimate of drug-likeness (QED) is 0.562. The molecule has 0 heterocycles. The van der Waals surface area contributed by atoms with Gasteiger partial charge in [0.25, 0.3) is 0 Å². The molecule has 0 aliphatic rings. The molecule has 3 rings (SSSR count). The topological polar surface area (TPSA) is 26.0 Å². The molecule has 122 valence electrons. The Bertz CT molecular complexity index is 791. The van der Waals surface area contributed by atoms with E-state index in [9.17, 15) is 0 Å². The van der Waals surface area contributed by atoms with Crippen molar-refractivity contribution in [1.82, 2.24) is 0 Å². The summed E-state index contributed by atoms with van der Waals surface area (Å²) in [5.41, 5.74) is 12.7. The summed E-state index contributed by atoms with van der Waals surface area (Å²) in [6.07, 6.45) is 0. The number of benzene rings is 3. The fraction of sp³-hybridized carbons (Fsp3) is 0.182. The highest BCUT2D eigenvalue weighted by Gasteiger charge is 2.24. The number of aryl methyl sites for hydroxylation is 4. The predicted molar refractivity (Wildman–Crippen MR) is 109 cm³/mol. The first-order valence-corrected chi connectivity index (χ1v) is 9.62. The van der Waals surface area contributed by atoms with Crippen molar-refractivity contribution in [2.45, 2.75) is 27.7 Å². The number of hydrogen-bond acceptors (Lipinski definition) is 1. The van der Waals surface area contributed by atoms with Crippen LogP contribution < -0.4 is 21.6 Å². The lowest BCUT2D eigenvalue weighted by atomic mass is 10.1. The molecule has 0 aromatic heterocycles. The van der Waals surface area contributed by atoms with Crippen LogP contribution in [-0.2, 0) is 0 Å². The maximum atomic E-state index is 6.41. The Morgan fingerprint density at radius 3 is 1.42 bits per heavy atom. The molecule has 2 heteroatoms. The van der Waals surface area contributed by atoms with Gasteiger partial charge in [-0.2, -0.15) is 0 Å². The molecule has 0 fully saturated rings. The summed E-state index contributed by atoms with van der Waals surface area (Å²) in [6, 6.07) is 21.5. The van der Waals surface area contributed by atoms with Crippen LogP contribution in [0.2, 0.25) is 0 Å². The molecule has 0 aliphatic carbocycles. The third-order valence-electron chi connectivity index (χ3n) is 4.50. The molecule has 1 nitrogen and oxygen atoms in total. The minimum absolute atomic E-state index is 0.675. The van der Waals surface area contributed by atoms with E-state index in [2.05, 4.69) is 76.2 Å². The second-order valence-electron chi connectivity index (χ2n) is 6.38. The van der Waals surface area contributed by atoms with Gasteiger partial charge in [0, 0.05) is 11.0 Å². The average molecular weight is 333 g/mol. The Morgan fingerprint density at radius 1 is 0.583 bits per heavy atom. The summed E-state index contributed by atoms with van der Waals surface area (Å²) in [7, 11) is -0.675. The van der Waals surface area contributed by atoms with Gasteiger partial charge in [-0.15, -0.1) is 0 Å². The number of para-hydroxylation sites is 1. The lowest BCUT2D eigenvalue weighted by Crippen LogP contribution is -2.28. The maximum Gasteiger partial charge on any atom is 0.0398 e. The van der Waals surface area contributed by atoms with Gasteiger partial charge in [0.15, 0.2) is 0 Å². The van der Waals surface area contributed by atoms with Crippen LogP contribution in [0.3, 0.4) is 0 Å². The Balaban J connectivity index is 2.37. The Morgan fingerprint density at radius 2 is 1.00 bits per heavy atom. The predicted octanol–water partition coefficient (Wildman–Crippen LogP) is 4.26. The molecule has 0 atom stereocenters. The first kappa shape index (κ1) is 16.7. The summed E-state index contributed by atoms with van der Waals surface area (Å²) in [4.78, 5) is 0. The van der Waals surface area contributed by atoms with Gasteiger partial charge in [-0.25, -0.2) is 0 Å². The molecule has 0 spiro atoms. The number of nitrogens with two attached hydrogens (primary N) is 1. The Kier molecular flexibility index (Phi) is 4.73. The summed E-state index contributed by atoms with van der Waals surface area (Å²) < 4.78 is 0. The van der Waals surface area contributed by atoms with Crippen molar-refractivity contribution in [2.75, 3.05) is 5.73 Å². The van der Waals surface area contributed by atoms with Gasteiger partial charge < -0.3 is 5.73 Å². The molecule has 0 saturated heterocycles. The van der Waals surface area contributed by atoms with E-state index >= 15 is 0 Å². The van der Waals surface area contributed by atoms with E-state index in [0.29, 0.717) is 0 Å². The zero-order valence-corrected chi connectivity index (χ0v) is 15.7. The van der Waals surface area contributed by atoms with Crippen molar-refractivity contribution in [3.63, 3.8) is 0 Å². The number of rotatable bonds is 3.